The highest BCUT2D eigenvalue weighted by Gasteiger charge is 2.38. The Hall–Kier alpha value is -1.81. The average molecular weight is 261 g/mol. The van der Waals surface area contributed by atoms with Crippen molar-refractivity contribution >= 4 is 23.2 Å². The predicted molar refractivity (Wildman–Crippen MR) is 72.7 cm³/mol. The first-order valence-corrected chi connectivity index (χ1v) is 6.21. The number of rotatable bonds is 3. The van der Waals surface area contributed by atoms with Crippen LogP contribution in [0.3, 0.4) is 0 Å². The van der Waals surface area contributed by atoms with Crippen molar-refractivity contribution in [1.82, 2.24) is 9.97 Å². The molecule has 1 aliphatic rings. The van der Waals surface area contributed by atoms with E-state index in [2.05, 4.69) is 39.6 Å². The van der Waals surface area contributed by atoms with Crippen LogP contribution in [0.1, 0.15) is 17.9 Å². The summed E-state index contributed by atoms with van der Waals surface area (Å²) >= 11 is 6.05. The molecule has 1 aromatic carbocycles. The molecule has 18 heavy (non-hydrogen) atoms. The monoisotopic (exact) mass is 260 g/mol. The van der Waals surface area contributed by atoms with Gasteiger partial charge in [-0.1, -0.05) is 41.9 Å². The number of aromatic nitrogens is 2. The van der Waals surface area contributed by atoms with Crippen LogP contribution in [0.5, 0.6) is 0 Å². The molecular weight excluding hydrogens is 248 g/mol. The van der Waals surface area contributed by atoms with Crippen LogP contribution in [0.15, 0.2) is 36.7 Å². The molecule has 0 aliphatic heterocycles. The Kier molecular flexibility index (Phi) is 2.80. The van der Waals surface area contributed by atoms with Gasteiger partial charge in [-0.25, -0.2) is 9.97 Å². The number of nitrogens with zero attached hydrogens (tertiary/aromatic N) is 2. The van der Waals surface area contributed by atoms with E-state index in [0.29, 0.717) is 28.6 Å². The van der Waals surface area contributed by atoms with Gasteiger partial charge in [-0.2, -0.15) is 0 Å². The Morgan fingerprint density at radius 2 is 2.00 bits per heavy atom. The normalized spacial score (nSPS) is 21.6. The van der Waals surface area contributed by atoms with Crippen LogP contribution in [0, 0.1) is 0 Å². The van der Waals surface area contributed by atoms with E-state index >= 15 is 0 Å². The third-order valence-electron chi connectivity index (χ3n) is 3.16. The third kappa shape index (κ3) is 2.11. The largest absolute Gasteiger partial charge is 0.382 e. The lowest BCUT2D eigenvalue weighted by Gasteiger charge is -2.07. The lowest BCUT2D eigenvalue weighted by atomic mass is 10.1. The molecule has 0 saturated heterocycles. The topological polar surface area (TPSA) is 63.8 Å². The summed E-state index contributed by atoms with van der Waals surface area (Å²) in [6.07, 6.45) is 2.51. The van der Waals surface area contributed by atoms with Gasteiger partial charge in [0, 0.05) is 12.0 Å². The molecule has 1 aromatic heterocycles. The van der Waals surface area contributed by atoms with E-state index in [-0.39, 0.29) is 0 Å². The number of nitrogens with two attached hydrogens (primary N) is 1. The molecule has 0 radical (unpaired) electrons. The van der Waals surface area contributed by atoms with E-state index in [1.165, 1.54) is 11.9 Å². The second-order valence-corrected chi connectivity index (χ2v) is 4.80. The van der Waals surface area contributed by atoms with Crippen LogP contribution in [-0.2, 0) is 0 Å². The van der Waals surface area contributed by atoms with Gasteiger partial charge in [0.25, 0.3) is 0 Å². The lowest BCUT2D eigenvalue weighted by molar-refractivity contribution is 1.02. The first-order chi connectivity index (χ1) is 8.75. The van der Waals surface area contributed by atoms with Gasteiger partial charge in [-0.3, -0.25) is 0 Å². The Bertz CT molecular complexity index is 558. The quantitative estimate of drug-likeness (QED) is 0.891. The number of anilines is 2. The fourth-order valence-electron chi connectivity index (χ4n) is 2.08. The molecule has 0 amide bonds. The summed E-state index contributed by atoms with van der Waals surface area (Å²) in [7, 11) is 0. The van der Waals surface area contributed by atoms with Gasteiger partial charge in [0.05, 0.1) is 0 Å². The lowest BCUT2D eigenvalue weighted by Crippen LogP contribution is -2.08. The minimum absolute atomic E-state index is 0.311. The molecule has 1 saturated carbocycles. The van der Waals surface area contributed by atoms with Crippen molar-refractivity contribution in [2.75, 3.05) is 11.1 Å². The molecular formula is C13H13ClN4. The zero-order valence-electron chi connectivity index (χ0n) is 9.68. The molecule has 3 N–H and O–H groups in total. The molecule has 4 nitrogen and oxygen atoms in total. The van der Waals surface area contributed by atoms with Gasteiger partial charge in [0.2, 0.25) is 0 Å². The van der Waals surface area contributed by atoms with E-state index in [9.17, 15) is 0 Å². The van der Waals surface area contributed by atoms with Gasteiger partial charge in [0.15, 0.2) is 5.82 Å². The van der Waals surface area contributed by atoms with Crippen molar-refractivity contribution < 1.29 is 0 Å². The van der Waals surface area contributed by atoms with E-state index in [1.54, 1.807) is 0 Å². The summed E-state index contributed by atoms with van der Waals surface area (Å²) < 4.78 is 0. The second-order valence-electron chi connectivity index (χ2n) is 4.43. The maximum absolute atomic E-state index is 6.05. The number of nitrogen functional groups attached to an aromatic ring is 1. The maximum atomic E-state index is 6.05. The Morgan fingerprint density at radius 3 is 2.78 bits per heavy atom. The Morgan fingerprint density at radius 1 is 1.22 bits per heavy atom. The van der Waals surface area contributed by atoms with Crippen molar-refractivity contribution in [1.29, 1.82) is 0 Å². The maximum Gasteiger partial charge on any atom is 0.150 e. The molecule has 3 rings (SSSR count). The molecule has 1 fully saturated rings. The number of hydrogen-bond donors (Lipinski definition) is 2. The van der Waals surface area contributed by atoms with Crippen molar-refractivity contribution in [3.8, 4) is 0 Å². The molecule has 1 aliphatic carbocycles. The van der Waals surface area contributed by atoms with Crippen LogP contribution in [-0.4, -0.2) is 16.0 Å². The van der Waals surface area contributed by atoms with Crippen LogP contribution in [0.25, 0.3) is 0 Å². The Balaban J connectivity index is 1.71. The summed E-state index contributed by atoms with van der Waals surface area (Å²) in [6, 6.07) is 10.8. The number of nitrogens with one attached hydrogen (secondary N) is 1. The predicted octanol–water partition coefficient (Wildman–Crippen LogP) is 2.68. The zero-order chi connectivity index (χ0) is 12.5. The van der Waals surface area contributed by atoms with E-state index < -0.39 is 0 Å². The third-order valence-corrected chi connectivity index (χ3v) is 3.53. The summed E-state index contributed by atoms with van der Waals surface area (Å²) in [5.74, 6) is 1.46. The fraction of sp³-hybridized carbons (Fsp3) is 0.231. The van der Waals surface area contributed by atoms with Gasteiger partial charge < -0.3 is 11.1 Å². The second kappa shape index (κ2) is 4.46. The fourth-order valence-corrected chi connectivity index (χ4v) is 2.23. The van der Waals surface area contributed by atoms with Gasteiger partial charge in [-0.05, 0) is 12.0 Å². The molecule has 92 valence electrons. The first kappa shape index (κ1) is 11.3. The molecule has 2 unspecified atom stereocenters. The summed E-state index contributed by atoms with van der Waals surface area (Å²) in [6.45, 7) is 0. The van der Waals surface area contributed by atoms with E-state index in [4.69, 9.17) is 17.3 Å². The van der Waals surface area contributed by atoms with Crippen LogP contribution in [0.4, 0.5) is 11.6 Å². The highest BCUT2D eigenvalue weighted by Crippen LogP contribution is 2.43. The minimum Gasteiger partial charge on any atom is -0.382 e. The van der Waals surface area contributed by atoms with Gasteiger partial charge in [-0.15, -0.1) is 0 Å². The molecule has 5 heteroatoms. The zero-order valence-corrected chi connectivity index (χ0v) is 10.4. The van der Waals surface area contributed by atoms with Crippen molar-refractivity contribution in [3.63, 3.8) is 0 Å². The summed E-state index contributed by atoms with van der Waals surface area (Å²) in [5.41, 5.74) is 6.98. The highest BCUT2D eigenvalue weighted by molar-refractivity contribution is 6.35. The van der Waals surface area contributed by atoms with E-state index in [0.717, 1.165) is 6.42 Å². The van der Waals surface area contributed by atoms with Gasteiger partial charge in [0.1, 0.15) is 17.2 Å². The number of benzene rings is 1. The molecule has 1 heterocycles. The standard InChI is InChI=1S/C13H13ClN4/c14-11-12(15)16-7-17-13(11)18-10-6-9(10)8-4-2-1-3-5-8/h1-5,7,9-10H,6H2,(H3,15,16,17,18). The van der Waals surface area contributed by atoms with Gasteiger partial charge >= 0.3 is 0 Å². The minimum atomic E-state index is 0.311. The number of hydrogen-bond acceptors (Lipinski definition) is 4. The SMILES string of the molecule is Nc1ncnc(NC2CC2c2ccccc2)c1Cl. The Labute approximate surface area is 110 Å². The van der Waals surface area contributed by atoms with Crippen molar-refractivity contribution in [2.24, 2.45) is 0 Å². The molecule has 2 aromatic rings. The van der Waals surface area contributed by atoms with Crippen molar-refractivity contribution in [3.05, 3.63) is 47.2 Å². The van der Waals surface area contributed by atoms with E-state index in [1.807, 2.05) is 6.07 Å². The highest BCUT2D eigenvalue weighted by atomic mass is 35.5. The summed E-state index contributed by atoms with van der Waals surface area (Å²) in [4.78, 5) is 7.95. The smallest absolute Gasteiger partial charge is 0.150 e. The van der Waals surface area contributed by atoms with Crippen LogP contribution in [0.2, 0.25) is 5.02 Å². The first-order valence-electron chi connectivity index (χ1n) is 5.83. The summed E-state index contributed by atoms with van der Waals surface area (Å²) in [5, 5.41) is 3.71. The average Bonchev–Trinajstić information content (AvgIpc) is 3.15. The number of halogens is 1. The molecule has 0 spiro atoms. The van der Waals surface area contributed by atoms with Crippen LogP contribution < -0.4 is 11.1 Å². The molecule has 0 bridgehead atoms. The molecule has 2 atom stereocenters. The van der Waals surface area contributed by atoms with Crippen molar-refractivity contribution in [2.45, 2.75) is 18.4 Å². The van der Waals surface area contributed by atoms with Crippen LogP contribution >= 0.6 is 11.6 Å².